The predicted octanol–water partition coefficient (Wildman–Crippen LogP) is 3.29. The average molecular weight is 434 g/mol. The van der Waals surface area contributed by atoms with Crippen molar-refractivity contribution in [2.45, 2.75) is 6.92 Å². The number of carbonyl (C=O) groups is 2. The molecule has 1 fully saturated rings. The zero-order valence-corrected chi connectivity index (χ0v) is 16.6. The predicted molar refractivity (Wildman–Crippen MR) is 106 cm³/mol. The lowest BCUT2D eigenvalue weighted by molar-refractivity contribution is -0.117. The average Bonchev–Trinajstić information content (AvgIpc) is 2.65. The number of nitrogens with zero attached hydrogens (tertiary/aromatic N) is 2. The van der Waals surface area contributed by atoms with Crippen molar-refractivity contribution in [3.63, 3.8) is 0 Å². The zero-order valence-electron chi connectivity index (χ0n) is 15.0. The topological polar surface area (TPSA) is 52.7 Å². The van der Waals surface area contributed by atoms with Crippen LogP contribution in [-0.4, -0.2) is 54.3 Å². The maximum absolute atomic E-state index is 13.0. The van der Waals surface area contributed by atoms with Gasteiger partial charge in [0.2, 0.25) is 5.91 Å². The van der Waals surface area contributed by atoms with Crippen molar-refractivity contribution in [3.05, 3.63) is 63.9 Å². The lowest BCUT2D eigenvalue weighted by Crippen LogP contribution is -2.50. The Bertz CT molecular complexity index is 834. The number of benzene rings is 2. The molecule has 1 N–H and O–H groups in total. The lowest BCUT2D eigenvalue weighted by Gasteiger charge is -2.34. The van der Waals surface area contributed by atoms with E-state index < -0.39 is 0 Å². The first kappa shape index (κ1) is 19.5. The Morgan fingerprint density at radius 2 is 1.74 bits per heavy atom. The number of rotatable bonds is 4. The Hall–Kier alpha value is -2.25. The van der Waals surface area contributed by atoms with Gasteiger partial charge in [0.25, 0.3) is 5.91 Å². The monoisotopic (exact) mass is 433 g/mol. The van der Waals surface area contributed by atoms with E-state index in [0.29, 0.717) is 31.7 Å². The minimum Gasteiger partial charge on any atom is -0.336 e. The molecule has 0 radical (unpaired) electrons. The summed E-state index contributed by atoms with van der Waals surface area (Å²) in [5.41, 5.74) is 2.27. The summed E-state index contributed by atoms with van der Waals surface area (Å²) in [4.78, 5) is 28.5. The van der Waals surface area contributed by atoms with Crippen molar-refractivity contribution in [1.29, 1.82) is 0 Å². The van der Waals surface area contributed by atoms with Gasteiger partial charge in [-0.2, -0.15) is 0 Å². The minimum absolute atomic E-state index is 0.0706. The van der Waals surface area contributed by atoms with Gasteiger partial charge in [-0.25, -0.2) is 4.39 Å². The van der Waals surface area contributed by atoms with Crippen LogP contribution in [0.4, 0.5) is 10.1 Å². The number of piperazine rings is 1. The van der Waals surface area contributed by atoms with E-state index in [1.54, 1.807) is 4.90 Å². The minimum atomic E-state index is -0.358. The number of hydrogen-bond acceptors (Lipinski definition) is 3. The molecule has 27 heavy (non-hydrogen) atoms. The number of nitrogens with one attached hydrogen (secondary N) is 1. The first-order chi connectivity index (χ1) is 12.9. The van der Waals surface area contributed by atoms with Crippen LogP contribution < -0.4 is 5.32 Å². The van der Waals surface area contributed by atoms with Crippen molar-refractivity contribution in [3.8, 4) is 0 Å². The molecule has 0 unspecified atom stereocenters. The highest BCUT2D eigenvalue weighted by atomic mass is 79.9. The molecular weight excluding hydrogens is 413 g/mol. The summed E-state index contributed by atoms with van der Waals surface area (Å²) in [6, 6.07) is 11.3. The van der Waals surface area contributed by atoms with Crippen molar-refractivity contribution < 1.29 is 14.0 Å². The largest absolute Gasteiger partial charge is 0.336 e. The molecule has 0 aromatic heterocycles. The van der Waals surface area contributed by atoms with Crippen LogP contribution in [0.2, 0.25) is 0 Å². The standard InChI is InChI=1S/C20H21BrFN3O2/c1-14-12-16(21)4-7-18(14)23-19(26)13-24-8-10-25(11-9-24)20(27)15-2-5-17(22)6-3-15/h2-7,12H,8-11,13H2,1H3,(H,23,26). The first-order valence-electron chi connectivity index (χ1n) is 8.75. The van der Waals surface area contributed by atoms with Gasteiger partial charge in [-0.15, -0.1) is 0 Å². The van der Waals surface area contributed by atoms with E-state index in [-0.39, 0.29) is 24.2 Å². The fraction of sp³-hybridized carbons (Fsp3) is 0.300. The lowest BCUT2D eigenvalue weighted by atomic mass is 10.1. The molecule has 0 saturated carbocycles. The van der Waals surface area contributed by atoms with Gasteiger partial charge in [0.05, 0.1) is 6.54 Å². The van der Waals surface area contributed by atoms with Gasteiger partial charge in [0.15, 0.2) is 0 Å². The smallest absolute Gasteiger partial charge is 0.253 e. The molecule has 0 bridgehead atoms. The second kappa shape index (κ2) is 8.63. The maximum atomic E-state index is 13.0. The fourth-order valence-corrected chi connectivity index (χ4v) is 3.52. The highest BCUT2D eigenvalue weighted by Gasteiger charge is 2.23. The third-order valence-corrected chi connectivity index (χ3v) is 5.07. The van der Waals surface area contributed by atoms with E-state index >= 15 is 0 Å². The Kier molecular flexibility index (Phi) is 6.23. The molecule has 2 aromatic rings. The van der Waals surface area contributed by atoms with E-state index in [4.69, 9.17) is 0 Å². The van der Waals surface area contributed by atoms with Crippen LogP contribution in [0, 0.1) is 12.7 Å². The summed E-state index contributed by atoms with van der Waals surface area (Å²) >= 11 is 3.41. The molecule has 142 valence electrons. The summed E-state index contributed by atoms with van der Waals surface area (Å²) in [5, 5.41) is 2.93. The molecule has 1 saturated heterocycles. The molecule has 5 nitrogen and oxygen atoms in total. The van der Waals surface area contributed by atoms with Crippen molar-refractivity contribution in [1.82, 2.24) is 9.80 Å². The zero-order chi connectivity index (χ0) is 19.4. The molecule has 0 atom stereocenters. The third kappa shape index (κ3) is 5.14. The Labute approximate surface area is 166 Å². The van der Waals surface area contributed by atoms with Crippen molar-refractivity contribution in [2.24, 2.45) is 0 Å². The summed E-state index contributed by atoms with van der Waals surface area (Å²) in [5.74, 6) is -0.535. The fourth-order valence-electron chi connectivity index (χ4n) is 3.04. The van der Waals surface area contributed by atoms with E-state index in [2.05, 4.69) is 21.2 Å². The van der Waals surface area contributed by atoms with Crippen LogP contribution >= 0.6 is 15.9 Å². The molecule has 1 heterocycles. The van der Waals surface area contributed by atoms with Gasteiger partial charge >= 0.3 is 0 Å². The molecule has 3 rings (SSSR count). The summed E-state index contributed by atoms with van der Waals surface area (Å²) in [6.07, 6.45) is 0. The van der Waals surface area contributed by atoms with Crippen molar-refractivity contribution >= 4 is 33.4 Å². The third-order valence-electron chi connectivity index (χ3n) is 4.58. The Morgan fingerprint density at radius 1 is 1.07 bits per heavy atom. The maximum Gasteiger partial charge on any atom is 0.253 e. The highest BCUT2D eigenvalue weighted by Crippen LogP contribution is 2.20. The molecule has 1 aliphatic heterocycles. The van der Waals surface area contributed by atoms with E-state index in [1.165, 1.54) is 24.3 Å². The normalized spacial score (nSPS) is 14.9. The first-order valence-corrected chi connectivity index (χ1v) is 9.55. The van der Waals surface area contributed by atoms with Crippen LogP contribution in [0.5, 0.6) is 0 Å². The summed E-state index contributed by atoms with van der Waals surface area (Å²) < 4.78 is 14.0. The van der Waals surface area contributed by atoms with Gasteiger partial charge in [-0.1, -0.05) is 15.9 Å². The van der Waals surface area contributed by atoms with E-state index in [9.17, 15) is 14.0 Å². The SMILES string of the molecule is Cc1cc(Br)ccc1NC(=O)CN1CCN(C(=O)c2ccc(F)cc2)CC1. The van der Waals surface area contributed by atoms with E-state index in [0.717, 1.165) is 15.7 Å². The van der Waals surface area contributed by atoms with Crippen molar-refractivity contribution in [2.75, 3.05) is 38.0 Å². The Morgan fingerprint density at radius 3 is 2.37 bits per heavy atom. The molecule has 0 aliphatic carbocycles. The molecule has 2 amide bonds. The number of aryl methyl sites for hydroxylation is 1. The van der Waals surface area contributed by atoms with Crippen LogP contribution in [-0.2, 0) is 4.79 Å². The van der Waals surface area contributed by atoms with Gasteiger partial charge in [-0.05, 0) is 55.0 Å². The number of carbonyl (C=O) groups excluding carboxylic acids is 2. The number of hydrogen-bond donors (Lipinski definition) is 1. The summed E-state index contributed by atoms with van der Waals surface area (Å²) in [6.45, 7) is 4.56. The van der Waals surface area contributed by atoms with Gasteiger partial charge in [0.1, 0.15) is 5.82 Å². The molecule has 1 aliphatic rings. The van der Waals surface area contributed by atoms with Gasteiger partial charge < -0.3 is 10.2 Å². The second-order valence-corrected chi connectivity index (χ2v) is 7.50. The Balaban J connectivity index is 1.49. The molecule has 0 spiro atoms. The van der Waals surface area contributed by atoms with Crippen LogP contribution in [0.25, 0.3) is 0 Å². The number of amides is 2. The number of anilines is 1. The summed E-state index contributed by atoms with van der Waals surface area (Å²) in [7, 11) is 0. The van der Waals surface area contributed by atoms with Gasteiger partial charge in [-0.3, -0.25) is 14.5 Å². The highest BCUT2D eigenvalue weighted by molar-refractivity contribution is 9.10. The number of halogens is 2. The molecule has 2 aromatic carbocycles. The van der Waals surface area contributed by atoms with E-state index in [1.807, 2.05) is 30.0 Å². The van der Waals surface area contributed by atoms with Gasteiger partial charge in [0, 0.05) is 41.9 Å². The molecular formula is C20H21BrFN3O2. The van der Waals surface area contributed by atoms with Crippen LogP contribution in [0.15, 0.2) is 46.9 Å². The van der Waals surface area contributed by atoms with Crippen LogP contribution in [0.3, 0.4) is 0 Å². The quantitative estimate of drug-likeness (QED) is 0.804. The molecule has 7 heteroatoms. The van der Waals surface area contributed by atoms with Crippen LogP contribution in [0.1, 0.15) is 15.9 Å². The second-order valence-electron chi connectivity index (χ2n) is 6.58.